The van der Waals surface area contributed by atoms with E-state index in [2.05, 4.69) is 24.1 Å². The molecule has 3 heteroatoms. The third-order valence-electron chi connectivity index (χ3n) is 1.88. The van der Waals surface area contributed by atoms with Crippen molar-refractivity contribution in [2.75, 3.05) is 13.7 Å². The zero-order valence-corrected chi connectivity index (χ0v) is 9.08. The van der Waals surface area contributed by atoms with Crippen LogP contribution in [0.3, 0.4) is 0 Å². The van der Waals surface area contributed by atoms with Gasteiger partial charge < -0.3 is 10.1 Å². The van der Waals surface area contributed by atoms with Gasteiger partial charge in [0.15, 0.2) is 0 Å². The molecule has 0 aliphatic heterocycles. The van der Waals surface area contributed by atoms with Gasteiger partial charge in [0, 0.05) is 18.8 Å². The van der Waals surface area contributed by atoms with E-state index < -0.39 is 0 Å². The summed E-state index contributed by atoms with van der Waals surface area (Å²) in [4.78, 5) is 4.24. The molecular formula is C11H18N2O. The van der Waals surface area contributed by atoms with Crippen LogP contribution in [0.15, 0.2) is 18.3 Å². The second-order valence-corrected chi connectivity index (χ2v) is 3.71. The number of hydrogen-bond donors (Lipinski definition) is 1. The van der Waals surface area contributed by atoms with Crippen molar-refractivity contribution >= 4 is 0 Å². The number of aromatic nitrogens is 1. The Balaban J connectivity index is 2.42. The Morgan fingerprint density at radius 1 is 1.50 bits per heavy atom. The summed E-state index contributed by atoms with van der Waals surface area (Å²) in [6, 6.07) is 3.80. The standard InChI is InChI=1S/C11H18N2O/c1-9(2)7-12-8-10-6-11(14-3)4-5-13-10/h4-6,9,12H,7-8H2,1-3H3. The minimum absolute atomic E-state index is 0.667. The number of nitrogens with zero attached hydrogens (tertiary/aromatic N) is 1. The molecule has 0 aromatic carbocycles. The number of nitrogens with one attached hydrogen (secondary N) is 1. The molecule has 0 fully saturated rings. The van der Waals surface area contributed by atoms with Crippen molar-refractivity contribution < 1.29 is 4.74 Å². The van der Waals surface area contributed by atoms with Gasteiger partial charge in [0.25, 0.3) is 0 Å². The van der Waals surface area contributed by atoms with Crippen molar-refractivity contribution in [3.8, 4) is 5.75 Å². The molecule has 1 N–H and O–H groups in total. The van der Waals surface area contributed by atoms with Crippen molar-refractivity contribution in [1.82, 2.24) is 10.3 Å². The van der Waals surface area contributed by atoms with Crippen molar-refractivity contribution in [2.45, 2.75) is 20.4 Å². The molecule has 78 valence electrons. The van der Waals surface area contributed by atoms with Crippen LogP contribution in [-0.4, -0.2) is 18.6 Å². The topological polar surface area (TPSA) is 34.1 Å². The molecule has 0 radical (unpaired) electrons. The highest BCUT2D eigenvalue weighted by molar-refractivity contribution is 5.22. The van der Waals surface area contributed by atoms with Crippen molar-refractivity contribution in [3.05, 3.63) is 24.0 Å². The van der Waals surface area contributed by atoms with Gasteiger partial charge in [-0.1, -0.05) is 13.8 Å². The van der Waals surface area contributed by atoms with E-state index in [-0.39, 0.29) is 0 Å². The Hall–Kier alpha value is -1.09. The first-order valence-electron chi connectivity index (χ1n) is 4.92. The van der Waals surface area contributed by atoms with Crippen LogP contribution in [-0.2, 0) is 6.54 Å². The second kappa shape index (κ2) is 5.60. The van der Waals surface area contributed by atoms with Gasteiger partial charge >= 0.3 is 0 Å². The predicted octanol–water partition coefficient (Wildman–Crippen LogP) is 1.84. The van der Waals surface area contributed by atoms with Crippen molar-refractivity contribution in [3.63, 3.8) is 0 Å². The SMILES string of the molecule is COc1ccnc(CNCC(C)C)c1. The van der Waals surface area contributed by atoms with Crippen molar-refractivity contribution in [1.29, 1.82) is 0 Å². The van der Waals surface area contributed by atoms with Gasteiger partial charge in [-0.3, -0.25) is 4.98 Å². The van der Waals surface area contributed by atoms with E-state index in [1.165, 1.54) is 0 Å². The van der Waals surface area contributed by atoms with Gasteiger partial charge in [-0.25, -0.2) is 0 Å². The zero-order valence-electron chi connectivity index (χ0n) is 9.08. The Bertz CT molecular complexity index is 274. The maximum absolute atomic E-state index is 5.11. The van der Waals surface area contributed by atoms with Gasteiger partial charge in [-0.2, -0.15) is 0 Å². The minimum Gasteiger partial charge on any atom is -0.497 e. The Labute approximate surface area is 85.5 Å². The molecule has 0 spiro atoms. The second-order valence-electron chi connectivity index (χ2n) is 3.71. The van der Waals surface area contributed by atoms with Crippen LogP contribution in [0, 0.1) is 5.92 Å². The van der Waals surface area contributed by atoms with E-state index in [1.807, 2.05) is 12.1 Å². The summed E-state index contributed by atoms with van der Waals surface area (Å²) in [6.45, 7) is 6.19. The average Bonchev–Trinajstić information content (AvgIpc) is 2.18. The summed E-state index contributed by atoms with van der Waals surface area (Å²) in [6.07, 6.45) is 1.77. The molecular weight excluding hydrogens is 176 g/mol. The Morgan fingerprint density at radius 3 is 2.93 bits per heavy atom. The summed E-state index contributed by atoms with van der Waals surface area (Å²) in [5, 5.41) is 3.33. The van der Waals surface area contributed by atoms with Crippen LogP contribution in [0.5, 0.6) is 5.75 Å². The lowest BCUT2D eigenvalue weighted by atomic mass is 10.2. The maximum Gasteiger partial charge on any atom is 0.122 e. The first-order chi connectivity index (χ1) is 6.72. The molecule has 0 atom stereocenters. The molecule has 1 aromatic heterocycles. The maximum atomic E-state index is 5.11. The molecule has 0 saturated carbocycles. The number of ether oxygens (including phenoxy) is 1. The van der Waals surface area contributed by atoms with E-state index in [4.69, 9.17) is 4.74 Å². The van der Waals surface area contributed by atoms with Gasteiger partial charge in [0.2, 0.25) is 0 Å². The van der Waals surface area contributed by atoms with Gasteiger partial charge in [-0.05, 0) is 18.5 Å². The van der Waals surface area contributed by atoms with E-state index in [0.29, 0.717) is 5.92 Å². The molecule has 14 heavy (non-hydrogen) atoms. The van der Waals surface area contributed by atoms with Crippen LogP contribution in [0.2, 0.25) is 0 Å². The molecule has 0 amide bonds. The van der Waals surface area contributed by atoms with Crippen molar-refractivity contribution in [2.24, 2.45) is 5.92 Å². The van der Waals surface area contributed by atoms with Gasteiger partial charge in [-0.15, -0.1) is 0 Å². The normalized spacial score (nSPS) is 10.6. The minimum atomic E-state index is 0.667. The number of pyridine rings is 1. The molecule has 0 bridgehead atoms. The number of methoxy groups -OCH3 is 1. The first-order valence-corrected chi connectivity index (χ1v) is 4.92. The quantitative estimate of drug-likeness (QED) is 0.776. The highest BCUT2D eigenvalue weighted by atomic mass is 16.5. The fourth-order valence-electron chi connectivity index (χ4n) is 1.17. The number of rotatable bonds is 5. The van der Waals surface area contributed by atoms with Crippen LogP contribution in [0.1, 0.15) is 19.5 Å². The fraction of sp³-hybridized carbons (Fsp3) is 0.545. The monoisotopic (exact) mass is 194 g/mol. The van der Waals surface area contributed by atoms with Gasteiger partial charge in [0.05, 0.1) is 12.8 Å². The Kier molecular flexibility index (Phi) is 4.40. The summed E-state index contributed by atoms with van der Waals surface area (Å²) in [7, 11) is 1.67. The molecule has 0 saturated heterocycles. The first kappa shape index (κ1) is 11.0. The zero-order chi connectivity index (χ0) is 10.4. The van der Waals surface area contributed by atoms with E-state index in [0.717, 1.165) is 24.5 Å². The van der Waals surface area contributed by atoms with E-state index in [1.54, 1.807) is 13.3 Å². The largest absolute Gasteiger partial charge is 0.497 e. The molecule has 0 unspecified atom stereocenters. The fourth-order valence-corrected chi connectivity index (χ4v) is 1.17. The molecule has 1 heterocycles. The summed E-state index contributed by atoms with van der Waals surface area (Å²) in [5.74, 6) is 1.53. The average molecular weight is 194 g/mol. The van der Waals surface area contributed by atoms with Crippen LogP contribution >= 0.6 is 0 Å². The lowest BCUT2D eigenvalue weighted by Gasteiger charge is -2.07. The summed E-state index contributed by atoms with van der Waals surface area (Å²) < 4.78 is 5.11. The lowest BCUT2D eigenvalue weighted by molar-refractivity contribution is 0.413. The lowest BCUT2D eigenvalue weighted by Crippen LogP contribution is -2.19. The van der Waals surface area contributed by atoms with Crippen LogP contribution in [0.25, 0.3) is 0 Å². The van der Waals surface area contributed by atoms with Crippen LogP contribution in [0.4, 0.5) is 0 Å². The van der Waals surface area contributed by atoms with Crippen LogP contribution < -0.4 is 10.1 Å². The Morgan fingerprint density at radius 2 is 2.29 bits per heavy atom. The van der Waals surface area contributed by atoms with E-state index >= 15 is 0 Å². The predicted molar refractivity (Wildman–Crippen MR) is 57.3 cm³/mol. The molecule has 0 aliphatic carbocycles. The smallest absolute Gasteiger partial charge is 0.122 e. The third-order valence-corrected chi connectivity index (χ3v) is 1.88. The molecule has 1 rings (SSSR count). The molecule has 0 aliphatic rings. The number of hydrogen-bond acceptors (Lipinski definition) is 3. The summed E-state index contributed by atoms with van der Waals surface area (Å²) >= 11 is 0. The highest BCUT2D eigenvalue weighted by Crippen LogP contribution is 2.09. The summed E-state index contributed by atoms with van der Waals surface area (Å²) in [5.41, 5.74) is 1.02. The third kappa shape index (κ3) is 3.75. The van der Waals surface area contributed by atoms with Gasteiger partial charge in [0.1, 0.15) is 5.75 Å². The highest BCUT2D eigenvalue weighted by Gasteiger charge is 1.97. The molecule has 1 aromatic rings. The molecule has 3 nitrogen and oxygen atoms in total. The van der Waals surface area contributed by atoms with E-state index in [9.17, 15) is 0 Å².